The van der Waals surface area contributed by atoms with Gasteiger partial charge in [0.25, 0.3) is 0 Å². The average molecular weight is 323 g/mol. The Kier molecular flexibility index (Phi) is 5.30. The minimum absolute atomic E-state index is 0.0454. The number of amides is 1. The van der Waals surface area contributed by atoms with Crippen molar-refractivity contribution in [2.24, 2.45) is 11.8 Å². The Balaban J connectivity index is 1.55. The van der Waals surface area contributed by atoms with Gasteiger partial charge in [-0.1, -0.05) is 5.16 Å². The second kappa shape index (κ2) is 7.42. The van der Waals surface area contributed by atoms with Crippen LogP contribution >= 0.6 is 0 Å². The van der Waals surface area contributed by atoms with Crippen molar-refractivity contribution in [2.45, 2.75) is 13.3 Å². The lowest BCUT2D eigenvalue weighted by Gasteiger charge is -2.30. The molecular formula is C16H25N3O4. The summed E-state index contributed by atoms with van der Waals surface area (Å²) in [5.41, 5.74) is 0.785. The molecule has 0 saturated carbocycles. The molecule has 0 spiro atoms. The maximum absolute atomic E-state index is 12.4. The summed E-state index contributed by atoms with van der Waals surface area (Å²) in [7, 11) is 0. The summed E-state index contributed by atoms with van der Waals surface area (Å²) in [6.07, 6.45) is 0.239. The van der Waals surface area contributed by atoms with Gasteiger partial charge in [0.15, 0.2) is 0 Å². The van der Waals surface area contributed by atoms with E-state index in [0.717, 1.165) is 38.5 Å². The van der Waals surface area contributed by atoms with Crippen molar-refractivity contribution in [3.05, 3.63) is 17.5 Å². The second-order valence-corrected chi connectivity index (χ2v) is 6.53. The van der Waals surface area contributed by atoms with Crippen LogP contribution in [0, 0.1) is 18.8 Å². The van der Waals surface area contributed by atoms with Gasteiger partial charge in [-0.15, -0.1) is 0 Å². The number of nitrogens with zero attached hydrogens (tertiary/aromatic N) is 3. The molecule has 0 radical (unpaired) electrons. The largest absolute Gasteiger partial charge is 0.396 e. The third-order valence-corrected chi connectivity index (χ3v) is 4.76. The van der Waals surface area contributed by atoms with Crippen LogP contribution in [0.15, 0.2) is 10.6 Å². The quantitative estimate of drug-likeness (QED) is 0.817. The Labute approximate surface area is 136 Å². The number of rotatable bonds is 5. The number of carbonyl (C=O) groups excluding carboxylic acids is 1. The van der Waals surface area contributed by atoms with Gasteiger partial charge in [-0.05, 0) is 12.8 Å². The van der Waals surface area contributed by atoms with E-state index in [1.165, 1.54) is 0 Å². The van der Waals surface area contributed by atoms with Crippen LogP contribution in [0.2, 0.25) is 0 Å². The Morgan fingerprint density at radius 2 is 2.09 bits per heavy atom. The lowest BCUT2D eigenvalue weighted by atomic mass is 9.96. The topological polar surface area (TPSA) is 79.0 Å². The van der Waals surface area contributed by atoms with Crippen molar-refractivity contribution in [1.29, 1.82) is 0 Å². The van der Waals surface area contributed by atoms with Crippen LogP contribution in [-0.4, -0.2) is 78.5 Å². The molecule has 3 rings (SSSR count). The van der Waals surface area contributed by atoms with Crippen LogP contribution in [0.3, 0.4) is 0 Å². The van der Waals surface area contributed by atoms with Crippen LogP contribution in [0.1, 0.15) is 11.5 Å². The molecule has 1 amide bonds. The molecule has 0 unspecified atom stereocenters. The molecule has 3 heterocycles. The van der Waals surface area contributed by atoms with Gasteiger partial charge >= 0.3 is 0 Å². The molecule has 7 nitrogen and oxygen atoms in total. The fourth-order valence-corrected chi connectivity index (χ4v) is 3.43. The number of aliphatic hydroxyl groups is 1. The number of aliphatic hydroxyl groups excluding tert-OH is 1. The number of likely N-dealkylation sites (tertiary alicyclic amines) is 1. The monoisotopic (exact) mass is 323 g/mol. The van der Waals surface area contributed by atoms with Gasteiger partial charge < -0.3 is 19.3 Å². The number of aryl methyl sites for hydroxylation is 1. The maximum atomic E-state index is 12.4. The standard InChI is InChI=1S/C16H25N3O4/c1-12-6-15(23-17-12)7-16(21)19-9-13(14(10-19)11-20)8-18-2-4-22-5-3-18/h6,13-14,20H,2-5,7-11H2,1H3/t13-,14-/m1/s1. The van der Waals surface area contributed by atoms with Crippen molar-refractivity contribution in [2.75, 3.05) is 52.5 Å². The second-order valence-electron chi connectivity index (χ2n) is 6.53. The predicted molar refractivity (Wildman–Crippen MR) is 82.8 cm³/mol. The number of aromatic nitrogens is 1. The molecule has 2 aliphatic heterocycles. The van der Waals surface area contributed by atoms with Crippen molar-refractivity contribution < 1.29 is 19.2 Å². The molecule has 1 N–H and O–H groups in total. The van der Waals surface area contributed by atoms with Gasteiger partial charge in [0.05, 0.1) is 25.3 Å². The Hall–Kier alpha value is -1.44. The van der Waals surface area contributed by atoms with E-state index in [1.807, 2.05) is 11.8 Å². The molecule has 128 valence electrons. The van der Waals surface area contributed by atoms with Crippen molar-refractivity contribution in [3.8, 4) is 0 Å². The smallest absolute Gasteiger partial charge is 0.230 e. The summed E-state index contributed by atoms with van der Waals surface area (Å²) in [4.78, 5) is 16.7. The van der Waals surface area contributed by atoms with Gasteiger partial charge in [-0.3, -0.25) is 9.69 Å². The van der Waals surface area contributed by atoms with E-state index in [0.29, 0.717) is 24.8 Å². The van der Waals surface area contributed by atoms with Gasteiger partial charge in [0.1, 0.15) is 5.76 Å². The lowest BCUT2D eigenvalue weighted by molar-refractivity contribution is -0.130. The molecule has 2 aliphatic rings. The normalized spacial score (nSPS) is 25.9. The molecule has 2 atom stereocenters. The highest BCUT2D eigenvalue weighted by atomic mass is 16.5. The number of hydrogen-bond acceptors (Lipinski definition) is 6. The van der Waals surface area contributed by atoms with Crippen molar-refractivity contribution in [1.82, 2.24) is 15.0 Å². The predicted octanol–water partition coefficient (Wildman–Crippen LogP) is -0.0754. The Morgan fingerprint density at radius 1 is 1.35 bits per heavy atom. The third kappa shape index (κ3) is 4.10. The van der Waals surface area contributed by atoms with Crippen LogP contribution in [0.25, 0.3) is 0 Å². The van der Waals surface area contributed by atoms with Crippen molar-refractivity contribution >= 4 is 5.91 Å². The number of ether oxygens (including phenoxy) is 1. The third-order valence-electron chi connectivity index (χ3n) is 4.76. The number of hydrogen-bond donors (Lipinski definition) is 1. The molecule has 0 aliphatic carbocycles. The van der Waals surface area contributed by atoms with E-state index in [1.54, 1.807) is 6.07 Å². The van der Waals surface area contributed by atoms with Crippen molar-refractivity contribution in [3.63, 3.8) is 0 Å². The van der Waals surface area contributed by atoms with E-state index in [2.05, 4.69) is 10.1 Å². The van der Waals surface area contributed by atoms with E-state index >= 15 is 0 Å². The zero-order valence-electron chi connectivity index (χ0n) is 13.6. The molecule has 7 heteroatoms. The van der Waals surface area contributed by atoms with Gasteiger partial charge in [0, 0.05) is 51.3 Å². The first-order valence-corrected chi connectivity index (χ1v) is 8.26. The zero-order valence-corrected chi connectivity index (χ0v) is 13.6. The lowest BCUT2D eigenvalue weighted by Crippen LogP contribution is -2.41. The highest BCUT2D eigenvalue weighted by molar-refractivity contribution is 5.78. The van der Waals surface area contributed by atoms with Crippen LogP contribution in [-0.2, 0) is 16.0 Å². The first kappa shape index (κ1) is 16.4. The van der Waals surface area contributed by atoms with Gasteiger partial charge in [-0.2, -0.15) is 0 Å². The van der Waals surface area contributed by atoms with Crippen LogP contribution < -0.4 is 0 Å². The molecule has 1 aromatic heterocycles. The highest BCUT2D eigenvalue weighted by Gasteiger charge is 2.36. The van der Waals surface area contributed by atoms with E-state index in [9.17, 15) is 9.90 Å². The summed E-state index contributed by atoms with van der Waals surface area (Å²) >= 11 is 0. The molecule has 2 saturated heterocycles. The minimum Gasteiger partial charge on any atom is -0.396 e. The van der Waals surface area contributed by atoms with E-state index < -0.39 is 0 Å². The highest BCUT2D eigenvalue weighted by Crippen LogP contribution is 2.25. The molecule has 0 aromatic carbocycles. The summed E-state index contributed by atoms with van der Waals surface area (Å²) in [5, 5.41) is 13.5. The first-order valence-electron chi connectivity index (χ1n) is 8.26. The fourth-order valence-electron chi connectivity index (χ4n) is 3.43. The SMILES string of the molecule is Cc1cc(CC(=O)N2C[C@@H](CN3CCOCC3)[C@@H](CO)C2)on1. The zero-order chi connectivity index (χ0) is 16.2. The van der Waals surface area contributed by atoms with Crippen LogP contribution in [0.5, 0.6) is 0 Å². The summed E-state index contributed by atoms with van der Waals surface area (Å²) in [5.74, 6) is 1.12. The molecule has 0 bridgehead atoms. The summed E-state index contributed by atoms with van der Waals surface area (Å²) in [6, 6.07) is 1.79. The number of carbonyl (C=O) groups is 1. The Morgan fingerprint density at radius 3 is 2.74 bits per heavy atom. The van der Waals surface area contributed by atoms with E-state index in [-0.39, 0.29) is 24.9 Å². The first-order chi connectivity index (χ1) is 11.2. The maximum Gasteiger partial charge on any atom is 0.230 e. The van der Waals surface area contributed by atoms with Gasteiger partial charge in [-0.25, -0.2) is 0 Å². The molecule has 2 fully saturated rings. The number of morpholine rings is 1. The minimum atomic E-state index is 0.0454. The fraction of sp³-hybridized carbons (Fsp3) is 0.750. The molecule has 1 aromatic rings. The molecular weight excluding hydrogens is 298 g/mol. The average Bonchev–Trinajstić information content (AvgIpc) is 3.14. The summed E-state index contributed by atoms with van der Waals surface area (Å²) in [6.45, 7) is 7.60. The van der Waals surface area contributed by atoms with E-state index in [4.69, 9.17) is 9.26 Å². The van der Waals surface area contributed by atoms with Crippen LogP contribution in [0.4, 0.5) is 0 Å². The summed E-state index contributed by atoms with van der Waals surface area (Å²) < 4.78 is 10.5. The molecule has 23 heavy (non-hydrogen) atoms. The van der Waals surface area contributed by atoms with Gasteiger partial charge in [0.2, 0.25) is 5.91 Å². The Bertz CT molecular complexity index is 527.